The van der Waals surface area contributed by atoms with E-state index >= 15 is 0 Å². The summed E-state index contributed by atoms with van der Waals surface area (Å²) in [6.07, 6.45) is 4.18. The molecule has 3 heteroatoms. The van der Waals surface area contributed by atoms with Crippen molar-refractivity contribution in [3.05, 3.63) is 0 Å². The highest BCUT2D eigenvalue weighted by atomic mass is 16.2. The summed E-state index contributed by atoms with van der Waals surface area (Å²) in [6.45, 7) is 20.6. The van der Waals surface area contributed by atoms with E-state index in [4.69, 9.17) is 0 Å². The molecule has 0 aromatic heterocycles. The van der Waals surface area contributed by atoms with Crippen molar-refractivity contribution in [1.82, 2.24) is 10.6 Å². The molecule has 0 saturated carbocycles. The molecule has 1 unspecified atom stereocenters. The third-order valence-corrected chi connectivity index (χ3v) is 4.66. The molecule has 1 amide bonds. The van der Waals surface area contributed by atoms with Gasteiger partial charge in [0, 0.05) is 17.5 Å². The van der Waals surface area contributed by atoms with Crippen molar-refractivity contribution in [3.8, 4) is 0 Å². The molecule has 138 valence electrons. The van der Waals surface area contributed by atoms with Crippen LogP contribution in [0, 0.1) is 16.7 Å². The van der Waals surface area contributed by atoms with E-state index in [1.54, 1.807) is 0 Å². The lowest BCUT2D eigenvalue weighted by atomic mass is 9.77. The molecule has 0 rings (SSSR count). The van der Waals surface area contributed by atoms with Crippen LogP contribution in [0.25, 0.3) is 0 Å². The van der Waals surface area contributed by atoms with Crippen LogP contribution in [0.1, 0.15) is 88.0 Å². The minimum absolute atomic E-state index is 0.122. The molecule has 0 radical (unpaired) electrons. The average molecular weight is 327 g/mol. The third kappa shape index (κ3) is 8.74. The fraction of sp³-hybridized carbons (Fsp3) is 0.950. The molecule has 0 fully saturated rings. The Hall–Kier alpha value is -0.570. The van der Waals surface area contributed by atoms with Crippen LogP contribution in [0.3, 0.4) is 0 Å². The largest absolute Gasteiger partial charge is 0.352 e. The van der Waals surface area contributed by atoms with E-state index < -0.39 is 0 Å². The summed E-state index contributed by atoms with van der Waals surface area (Å²) in [4.78, 5) is 12.8. The van der Waals surface area contributed by atoms with Crippen molar-refractivity contribution in [2.75, 3.05) is 6.54 Å². The topological polar surface area (TPSA) is 41.1 Å². The lowest BCUT2D eigenvalue weighted by Crippen LogP contribution is -2.50. The molecule has 0 bridgehead atoms. The van der Waals surface area contributed by atoms with E-state index in [0.717, 1.165) is 32.2 Å². The molecule has 0 aliphatic heterocycles. The number of hydrogen-bond acceptors (Lipinski definition) is 2. The van der Waals surface area contributed by atoms with Gasteiger partial charge in [0.25, 0.3) is 0 Å². The molecule has 0 aliphatic rings. The Morgan fingerprint density at radius 3 is 2.04 bits per heavy atom. The minimum Gasteiger partial charge on any atom is -0.352 e. The van der Waals surface area contributed by atoms with Crippen LogP contribution in [0.15, 0.2) is 0 Å². The standard InChI is InChI=1S/C20H42N2O/c1-10-12-19(6,7)17(11-13-21-16(4)5)22-18(23)20(8,9)14-15(2)3/h15-17,21H,10-14H2,1-9H3,(H,22,23). The second-order valence-electron chi connectivity index (χ2n) is 9.14. The molecule has 0 heterocycles. The maximum atomic E-state index is 12.8. The molecule has 0 saturated heterocycles. The predicted molar refractivity (Wildman–Crippen MR) is 102 cm³/mol. The molecular weight excluding hydrogens is 284 g/mol. The van der Waals surface area contributed by atoms with Crippen LogP contribution >= 0.6 is 0 Å². The Morgan fingerprint density at radius 2 is 1.61 bits per heavy atom. The van der Waals surface area contributed by atoms with Crippen LogP contribution in [0.4, 0.5) is 0 Å². The third-order valence-electron chi connectivity index (χ3n) is 4.66. The van der Waals surface area contributed by atoms with Gasteiger partial charge in [-0.3, -0.25) is 4.79 Å². The lowest BCUT2D eigenvalue weighted by Gasteiger charge is -2.38. The smallest absolute Gasteiger partial charge is 0.225 e. The summed E-state index contributed by atoms with van der Waals surface area (Å²) in [5.74, 6) is 0.727. The molecule has 0 aromatic carbocycles. The summed E-state index contributed by atoms with van der Waals surface area (Å²) >= 11 is 0. The summed E-state index contributed by atoms with van der Waals surface area (Å²) in [5.41, 5.74) is -0.183. The fourth-order valence-corrected chi connectivity index (χ4v) is 3.46. The molecule has 1 atom stereocenters. The zero-order valence-electron chi connectivity index (χ0n) is 17.2. The van der Waals surface area contributed by atoms with E-state index in [-0.39, 0.29) is 22.8 Å². The molecule has 3 nitrogen and oxygen atoms in total. The Labute approximate surface area is 145 Å². The summed E-state index contributed by atoms with van der Waals surface area (Å²) in [7, 11) is 0. The van der Waals surface area contributed by atoms with Gasteiger partial charge in [-0.2, -0.15) is 0 Å². The van der Waals surface area contributed by atoms with Crippen LogP contribution in [-0.2, 0) is 4.79 Å². The van der Waals surface area contributed by atoms with E-state index in [9.17, 15) is 4.79 Å². The number of carbonyl (C=O) groups is 1. The molecule has 2 N–H and O–H groups in total. The van der Waals surface area contributed by atoms with E-state index in [1.165, 1.54) is 0 Å². The Bertz CT molecular complexity index is 346. The maximum absolute atomic E-state index is 12.8. The van der Waals surface area contributed by atoms with Gasteiger partial charge in [-0.15, -0.1) is 0 Å². The van der Waals surface area contributed by atoms with Crippen molar-refractivity contribution in [2.24, 2.45) is 16.7 Å². The van der Waals surface area contributed by atoms with Crippen molar-refractivity contribution < 1.29 is 4.79 Å². The van der Waals surface area contributed by atoms with Crippen molar-refractivity contribution in [1.29, 1.82) is 0 Å². The molecule has 0 spiro atoms. The SMILES string of the molecule is CCCC(C)(C)C(CCNC(C)C)NC(=O)C(C)(C)CC(C)C. The van der Waals surface area contributed by atoms with Crippen LogP contribution in [0.5, 0.6) is 0 Å². The maximum Gasteiger partial charge on any atom is 0.225 e. The number of rotatable bonds is 11. The molecule has 0 aliphatic carbocycles. The average Bonchev–Trinajstić information content (AvgIpc) is 2.35. The predicted octanol–water partition coefficient (Wildman–Crippen LogP) is 4.76. The van der Waals surface area contributed by atoms with E-state index in [1.807, 2.05) is 0 Å². The quantitative estimate of drug-likeness (QED) is 0.575. The van der Waals surface area contributed by atoms with Crippen molar-refractivity contribution >= 4 is 5.91 Å². The summed E-state index contributed by atoms with van der Waals surface area (Å²) in [6, 6.07) is 0.700. The van der Waals surface area contributed by atoms with Gasteiger partial charge in [-0.1, -0.05) is 68.7 Å². The Balaban J connectivity index is 4.95. The molecule has 0 aromatic rings. The van der Waals surface area contributed by atoms with E-state index in [2.05, 4.69) is 72.9 Å². The van der Waals surface area contributed by atoms with Gasteiger partial charge in [0.2, 0.25) is 5.91 Å². The van der Waals surface area contributed by atoms with Gasteiger partial charge in [-0.25, -0.2) is 0 Å². The number of nitrogens with one attached hydrogen (secondary N) is 2. The lowest BCUT2D eigenvalue weighted by molar-refractivity contribution is -0.131. The van der Waals surface area contributed by atoms with E-state index in [0.29, 0.717) is 12.0 Å². The van der Waals surface area contributed by atoms with Gasteiger partial charge in [0.1, 0.15) is 0 Å². The first-order chi connectivity index (χ1) is 10.4. The van der Waals surface area contributed by atoms with Gasteiger partial charge in [0.15, 0.2) is 0 Å². The van der Waals surface area contributed by atoms with Crippen molar-refractivity contribution in [3.63, 3.8) is 0 Å². The van der Waals surface area contributed by atoms with Gasteiger partial charge < -0.3 is 10.6 Å². The van der Waals surface area contributed by atoms with Crippen LogP contribution in [-0.4, -0.2) is 24.5 Å². The first-order valence-corrected chi connectivity index (χ1v) is 9.46. The minimum atomic E-state index is -0.305. The zero-order valence-corrected chi connectivity index (χ0v) is 17.2. The van der Waals surface area contributed by atoms with Gasteiger partial charge >= 0.3 is 0 Å². The molecule has 23 heavy (non-hydrogen) atoms. The summed E-state index contributed by atoms with van der Waals surface area (Å²) in [5, 5.41) is 6.87. The normalized spacial score (nSPS) is 14.4. The Kier molecular flexibility index (Phi) is 9.42. The highest BCUT2D eigenvalue weighted by Gasteiger charge is 2.35. The number of carbonyl (C=O) groups excluding carboxylic acids is 1. The Morgan fingerprint density at radius 1 is 1.04 bits per heavy atom. The highest BCUT2D eigenvalue weighted by Crippen LogP contribution is 2.31. The van der Waals surface area contributed by atoms with Crippen LogP contribution in [0.2, 0.25) is 0 Å². The second-order valence-corrected chi connectivity index (χ2v) is 9.14. The molecular formula is C20H42N2O. The first-order valence-electron chi connectivity index (χ1n) is 9.46. The van der Waals surface area contributed by atoms with Gasteiger partial charge in [-0.05, 0) is 37.1 Å². The second kappa shape index (κ2) is 9.66. The summed E-state index contributed by atoms with van der Waals surface area (Å²) < 4.78 is 0. The van der Waals surface area contributed by atoms with Crippen LogP contribution < -0.4 is 10.6 Å². The number of amides is 1. The zero-order chi connectivity index (χ0) is 18.3. The highest BCUT2D eigenvalue weighted by molar-refractivity contribution is 5.82. The fourth-order valence-electron chi connectivity index (χ4n) is 3.46. The van der Waals surface area contributed by atoms with Crippen molar-refractivity contribution in [2.45, 2.75) is 100 Å². The number of hydrogen-bond donors (Lipinski definition) is 2. The first kappa shape index (κ1) is 22.4. The monoisotopic (exact) mass is 326 g/mol. The van der Waals surface area contributed by atoms with Gasteiger partial charge in [0.05, 0.1) is 0 Å².